The van der Waals surface area contributed by atoms with Gasteiger partial charge in [0, 0.05) is 17.7 Å². The molecule has 0 amide bonds. The first-order valence-electron chi connectivity index (χ1n) is 7.35. The van der Waals surface area contributed by atoms with Gasteiger partial charge in [0.1, 0.15) is 6.61 Å². The summed E-state index contributed by atoms with van der Waals surface area (Å²) >= 11 is 0. The Morgan fingerprint density at radius 1 is 1.04 bits per heavy atom. The molecule has 1 heterocycles. The maximum Gasteiger partial charge on any atom is 0.267 e. The van der Waals surface area contributed by atoms with Crippen molar-refractivity contribution in [1.29, 1.82) is 0 Å². The SMILES string of the molecule is Cc1[nH][nH]c(=O)c1Cc1ccc(OCc2ccccc2)c(F)c1. The number of ether oxygens (including phenoxy) is 1. The minimum Gasteiger partial charge on any atom is -0.486 e. The van der Waals surface area contributed by atoms with Crippen LogP contribution in [0.5, 0.6) is 5.75 Å². The van der Waals surface area contributed by atoms with Gasteiger partial charge in [-0.25, -0.2) is 4.39 Å². The Hall–Kier alpha value is -2.82. The van der Waals surface area contributed by atoms with Gasteiger partial charge < -0.3 is 9.84 Å². The van der Waals surface area contributed by atoms with Gasteiger partial charge in [0.25, 0.3) is 5.56 Å². The molecule has 0 fully saturated rings. The first-order chi connectivity index (χ1) is 11.1. The third-order valence-corrected chi connectivity index (χ3v) is 3.70. The zero-order chi connectivity index (χ0) is 16.2. The molecule has 2 aromatic carbocycles. The molecule has 0 aliphatic carbocycles. The lowest BCUT2D eigenvalue weighted by Crippen LogP contribution is -2.07. The smallest absolute Gasteiger partial charge is 0.267 e. The van der Waals surface area contributed by atoms with E-state index in [0.29, 0.717) is 18.6 Å². The fourth-order valence-corrected chi connectivity index (χ4v) is 2.40. The molecule has 0 saturated carbocycles. The molecule has 4 nitrogen and oxygen atoms in total. The van der Waals surface area contributed by atoms with E-state index in [-0.39, 0.29) is 11.3 Å². The second kappa shape index (κ2) is 6.52. The molecule has 3 rings (SSSR count). The van der Waals surface area contributed by atoms with Crippen molar-refractivity contribution in [2.75, 3.05) is 0 Å². The molecule has 2 N–H and O–H groups in total. The van der Waals surface area contributed by atoms with Gasteiger partial charge in [-0.3, -0.25) is 9.89 Å². The maximum absolute atomic E-state index is 14.2. The topological polar surface area (TPSA) is 57.9 Å². The number of aromatic nitrogens is 2. The van der Waals surface area contributed by atoms with Gasteiger partial charge in [-0.1, -0.05) is 36.4 Å². The summed E-state index contributed by atoms with van der Waals surface area (Å²) in [5, 5.41) is 5.29. The molecule has 0 spiro atoms. The third-order valence-electron chi connectivity index (χ3n) is 3.70. The molecule has 1 aromatic heterocycles. The molecule has 3 aromatic rings. The second-order valence-corrected chi connectivity index (χ2v) is 5.40. The zero-order valence-corrected chi connectivity index (χ0v) is 12.7. The summed E-state index contributed by atoms with van der Waals surface area (Å²) in [6.45, 7) is 2.12. The first-order valence-corrected chi connectivity index (χ1v) is 7.35. The standard InChI is InChI=1S/C18H17FN2O2/c1-12-15(18(22)21-20-12)9-14-7-8-17(16(19)10-14)23-11-13-5-3-2-4-6-13/h2-8,10H,9,11H2,1H3,(H2,20,21,22). The van der Waals surface area contributed by atoms with E-state index >= 15 is 0 Å². The monoisotopic (exact) mass is 312 g/mol. The molecule has 0 saturated heterocycles. The molecule has 0 aliphatic heterocycles. The second-order valence-electron chi connectivity index (χ2n) is 5.40. The van der Waals surface area contributed by atoms with Gasteiger partial charge in [0.05, 0.1) is 0 Å². The Morgan fingerprint density at radius 3 is 2.48 bits per heavy atom. The zero-order valence-electron chi connectivity index (χ0n) is 12.7. The Morgan fingerprint density at radius 2 is 1.83 bits per heavy atom. The molecular weight excluding hydrogens is 295 g/mol. The Labute approximate surface area is 132 Å². The molecule has 5 heteroatoms. The highest BCUT2D eigenvalue weighted by Crippen LogP contribution is 2.21. The third kappa shape index (κ3) is 3.51. The van der Waals surface area contributed by atoms with Crippen LogP contribution in [0, 0.1) is 12.7 Å². The Kier molecular flexibility index (Phi) is 4.28. The normalized spacial score (nSPS) is 10.7. The number of aromatic amines is 2. The van der Waals surface area contributed by atoms with Crippen LogP contribution in [0.15, 0.2) is 53.3 Å². The summed E-state index contributed by atoms with van der Waals surface area (Å²) in [5.74, 6) is -0.222. The minimum absolute atomic E-state index is 0.174. The van der Waals surface area contributed by atoms with Crippen LogP contribution in [0.1, 0.15) is 22.4 Å². The quantitative estimate of drug-likeness (QED) is 0.759. The Bertz CT molecular complexity index is 853. The van der Waals surface area contributed by atoms with Crippen LogP contribution in [-0.4, -0.2) is 10.2 Å². The van der Waals surface area contributed by atoms with Crippen LogP contribution in [0.25, 0.3) is 0 Å². The van der Waals surface area contributed by atoms with Crippen molar-refractivity contribution in [2.24, 2.45) is 0 Å². The fraction of sp³-hybridized carbons (Fsp3) is 0.167. The van der Waals surface area contributed by atoms with Crippen molar-refractivity contribution in [2.45, 2.75) is 20.0 Å². The van der Waals surface area contributed by atoms with E-state index in [9.17, 15) is 9.18 Å². The van der Waals surface area contributed by atoms with Crippen LogP contribution >= 0.6 is 0 Å². The number of hydrogen-bond donors (Lipinski definition) is 2. The van der Waals surface area contributed by atoms with E-state index in [1.807, 2.05) is 30.3 Å². The van der Waals surface area contributed by atoms with Crippen molar-refractivity contribution >= 4 is 0 Å². The lowest BCUT2D eigenvalue weighted by molar-refractivity contribution is 0.290. The predicted molar refractivity (Wildman–Crippen MR) is 86.1 cm³/mol. The Balaban J connectivity index is 1.72. The van der Waals surface area contributed by atoms with E-state index in [4.69, 9.17) is 4.74 Å². The molecule has 0 bridgehead atoms. The highest BCUT2D eigenvalue weighted by molar-refractivity contribution is 5.33. The highest BCUT2D eigenvalue weighted by Gasteiger charge is 2.10. The van der Waals surface area contributed by atoms with Crippen LogP contribution < -0.4 is 10.3 Å². The van der Waals surface area contributed by atoms with Crippen LogP contribution in [-0.2, 0) is 13.0 Å². The largest absolute Gasteiger partial charge is 0.486 e. The van der Waals surface area contributed by atoms with Crippen LogP contribution in [0.3, 0.4) is 0 Å². The molecule has 0 unspecified atom stereocenters. The number of aryl methyl sites for hydroxylation is 1. The maximum atomic E-state index is 14.2. The fourth-order valence-electron chi connectivity index (χ4n) is 2.40. The van der Waals surface area contributed by atoms with Crippen molar-refractivity contribution in [3.05, 3.63) is 87.1 Å². The van der Waals surface area contributed by atoms with E-state index in [1.54, 1.807) is 19.1 Å². The van der Waals surface area contributed by atoms with Crippen LogP contribution in [0.2, 0.25) is 0 Å². The summed E-state index contributed by atoms with van der Waals surface area (Å²) in [4.78, 5) is 11.7. The van der Waals surface area contributed by atoms with Gasteiger partial charge in [-0.2, -0.15) is 0 Å². The molecule has 0 aliphatic rings. The first kappa shape index (κ1) is 15.1. The lowest BCUT2D eigenvalue weighted by Gasteiger charge is -2.09. The van der Waals surface area contributed by atoms with Gasteiger partial charge >= 0.3 is 0 Å². The van der Waals surface area contributed by atoms with Gasteiger partial charge in [-0.15, -0.1) is 0 Å². The molecule has 0 atom stereocenters. The molecular formula is C18H17FN2O2. The van der Waals surface area contributed by atoms with E-state index in [2.05, 4.69) is 10.2 Å². The van der Waals surface area contributed by atoms with Crippen molar-refractivity contribution in [1.82, 2.24) is 10.2 Å². The summed E-state index contributed by atoms with van der Waals surface area (Å²) in [7, 11) is 0. The minimum atomic E-state index is -0.428. The predicted octanol–water partition coefficient (Wildman–Crippen LogP) is 3.32. The number of H-pyrrole nitrogens is 2. The van der Waals surface area contributed by atoms with Crippen molar-refractivity contribution in [3.8, 4) is 5.75 Å². The highest BCUT2D eigenvalue weighted by atomic mass is 19.1. The molecule has 0 radical (unpaired) electrons. The lowest BCUT2D eigenvalue weighted by atomic mass is 10.1. The van der Waals surface area contributed by atoms with Gasteiger partial charge in [-0.05, 0) is 30.2 Å². The van der Waals surface area contributed by atoms with Crippen molar-refractivity contribution in [3.63, 3.8) is 0 Å². The number of benzene rings is 2. The van der Waals surface area contributed by atoms with E-state index < -0.39 is 5.82 Å². The van der Waals surface area contributed by atoms with Gasteiger partial charge in [0.15, 0.2) is 11.6 Å². The average molecular weight is 312 g/mol. The average Bonchev–Trinajstić information content (AvgIpc) is 2.87. The van der Waals surface area contributed by atoms with Crippen LogP contribution in [0.4, 0.5) is 4.39 Å². The summed E-state index contributed by atoms with van der Waals surface area (Å²) in [6.07, 6.45) is 0.376. The van der Waals surface area contributed by atoms with E-state index in [0.717, 1.165) is 16.8 Å². The number of halogens is 1. The molecule has 118 valence electrons. The van der Waals surface area contributed by atoms with Gasteiger partial charge in [0.2, 0.25) is 0 Å². The summed E-state index contributed by atoms with van der Waals surface area (Å²) in [6, 6.07) is 14.4. The van der Waals surface area contributed by atoms with Crippen molar-refractivity contribution < 1.29 is 9.13 Å². The number of nitrogens with one attached hydrogen (secondary N) is 2. The number of hydrogen-bond acceptors (Lipinski definition) is 2. The summed E-state index contributed by atoms with van der Waals surface area (Å²) < 4.78 is 19.7. The van der Waals surface area contributed by atoms with E-state index in [1.165, 1.54) is 6.07 Å². The summed E-state index contributed by atoms with van der Waals surface area (Å²) in [5.41, 5.74) is 2.91. The molecule has 23 heavy (non-hydrogen) atoms. The number of rotatable bonds is 5.